The van der Waals surface area contributed by atoms with E-state index in [1.165, 1.54) is 12.1 Å². The predicted octanol–water partition coefficient (Wildman–Crippen LogP) is 4.24. The van der Waals surface area contributed by atoms with Gasteiger partial charge in [0.05, 0.1) is 5.56 Å². The van der Waals surface area contributed by atoms with Gasteiger partial charge in [0.1, 0.15) is 0 Å². The second-order valence-electron chi connectivity index (χ2n) is 5.34. The molecule has 0 saturated carbocycles. The standard InChI is InChI=1S/C18H12O4S/c1-9-10-4-2-3-5-14(10)23-15(9)8-13-16(20)11-6-7-12(19)17(21)18(11)22-13/h2-8,19,21H,1H3/b13-8-. The molecule has 1 aliphatic rings. The van der Waals surface area contributed by atoms with Crippen molar-refractivity contribution >= 4 is 33.3 Å². The molecule has 0 amide bonds. The fourth-order valence-corrected chi connectivity index (χ4v) is 3.82. The monoisotopic (exact) mass is 324 g/mol. The number of ketones is 1. The highest BCUT2D eigenvalue weighted by molar-refractivity contribution is 7.20. The van der Waals surface area contributed by atoms with Crippen molar-refractivity contribution in [2.24, 2.45) is 0 Å². The number of Topliss-reactive ketones (excluding diaryl/α,β-unsaturated/α-hetero) is 1. The van der Waals surface area contributed by atoms with Crippen LogP contribution in [0.5, 0.6) is 17.2 Å². The number of aromatic hydroxyl groups is 2. The molecule has 2 N–H and O–H groups in total. The molecule has 2 heterocycles. The number of allylic oxidation sites excluding steroid dienone is 1. The van der Waals surface area contributed by atoms with E-state index in [4.69, 9.17) is 4.74 Å². The molecule has 1 aromatic heterocycles. The van der Waals surface area contributed by atoms with Crippen molar-refractivity contribution in [2.75, 3.05) is 0 Å². The van der Waals surface area contributed by atoms with Crippen LogP contribution in [0.4, 0.5) is 0 Å². The molecule has 0 radical (unpaired) electrons. The highest BCUT2D eigenvalue weighted by Crippen LogP contribution is 2.44. The minimum Gasteiger partial charge on any atom is -0.504 e. The van der Waals surface area contributed by atoms with Crippen LogP contribution in [0.1, 0.15) is 20.8 Å². The number of carbonyl (C=O) groups is 1. The van der Waals surface area contributed by atoms with Crippen LogP contribution in [0.3, 0.4) is 0 Å². The van der Waals surface area contributed by atoms with E-state index in [0.29, 0.717) is 0 Å². The fraction of sp³-hybridized carbons (Fsp3) is 0.0556. The van der Waals surface area contributed by atoms with Crippen LogP contribution in [-0.2, 0) is 0 Å². The van der Waals surface area contributed by atoms with Crippen LogP contribution in [0, 0.1) is 6.92 Å². The third-order valence-electron chi connectivity index (χ3n) is 3.93. The Hall–Kier alpha value is -2.79. The number of fused-ring (bicyclic) bond motifs is 2. The van der Waals surface area contributed by atoms with Crippen LogP contribution in [0.25, 0.3) is 16.2 Å². The molecule has 0 spiro atoms. The van der Waals surface area contributed by atoms with E-state index in [2.05, 4.69) is 0 Å². The topological polar surface area (TPSA) is 66.8 Å². The van der Waals surface area contributed by atoms with Gasteiger partial charge in [0.25, 0.3) is 0 Å². The molecule has 4 nitrogen and oxygen atoms in total. The zero-order valence-electron chi connectivity index (χ0n) is 12.2. The maximum absolute atomic E-state index is 12.4. The van der Waals surface area contributed by atoms with Crippen molar-refractivity contribution in [1.29, 1.82) is 0 Å². The third-order valence-corrected chi connectivity index (χ3v) is 5.15. The SMILES string of the molecule is Cc1c(/C=C2\Oc3c(ccc(O)c3O)C2=O)sc2ccccc12. The Morgan fingerprint density at radius 3 is 2.70 bits per heavy atom. The Bertz CT molecular complexity index is 998. The van der Waals surface area contributed by atoms with Crippen molar-refractivity contribution in [3.05, 3.63) is 58.2 Å². The first kappa shape index (κ1) is 13.8. The normalized spacial score (nSPS) is 15.2. The largest absolute Gasteiger partial charge is 0.504 e. The Kier molecular flexibility index (Phi) is 2.92. The van der Waals surface area contributed by atoms with E-state index in [-0.39, 0.29) is 28.6 Å². The lowest BCUT2D eigenvalue weighted by Gasteiger charge is -2.02. The summed E-state index contributed by atoms with van der Waals surface area (Å²) in [7, 11) is 0. The minimum atomic E-state index is -0.410. The number of hydrogen-bond donors (Lipinski definition) is 2. The van der Waals surface area contributed by atoms with Gasteiger partial charge in [-0.05, 0) is 36.1 Å². The quantitative estimate of drug-likeness (QED) is 0.519. The number of carbonyl (C=O) groups excluding carboxylic acids is 1. The summed E-state index contributed by atoms with van der Waals surface area (Å²) in [6.45, 7) is 2.00. The highest BCUT2D eigenvalue weighted by Gasteiger charge is 2.31. The summed E-state index contributed by atoms with van der Waals surface area (Å²) < 4.78 is 6.63. The van der Waals surface area contributed by atoms with Gasteiger partial charge < -0.3 is 14.9 Å². The van der Waals surface area contributed by atoms with Crippen molar-refractivity contribution in [3.8, 4) is 17.2 Å². The molecular formula is C18H12O4S. The van der Waals surface area contributed by atoms with E-state index in [9.17, 15) is 15.0 Å². The smallest absolute Gasteiger partial charge is 0.232 e. The molecule has 0 unspecified atom stereocenters. The third kappa shape index (κ3) is 2.01. The number of rotatable bonds is 1. The molecule has 4 rings (SSSR count). The average Bonchev–Trinajstić information content (AvgIpc) is 3.03. The van der Waals surface area contributed by atoms with Gasteiger partial charge in [-0.2, -0.15) is 0 Å². The first-order chi connectivity index (χ1) is 11.1. The number of hydrogen-bond acceptors (Lipinski definition) is 5. The number of aryl methyl sites for hydroxylation is 1. The van der Waals surface area contributed by atoms with E-state index < -0.39 is 5.75 Å². The van der Waals surface area contributed by atoms with Gasteiger partial charge in [-0.25, -0.2) is 0 Å². The Balaban J connectivity index is 1.82. The van der Waals surface area contributed by atoms with E-state index in [1.54, 1.807) is 17.4 Å². The molecule has 3 aromatic rings. The first-order valence-electron chi connectivity index (χ1n) is 7.03. The predicted molar refractivity (Wildman–Crippen MR) is 89.3 cm³/mol. The van der Waals surface area contributed by atoms with Crippen LogP contribution in [0.15, 0.2) is 42.2 Å². The van der Waals surface area contributed by atoms with Gasteiger partial charge >= 0.3 is 0 Å². The molecule has 1 aliphatic heterocycles. The lowest BCUT2D eigenvalue weighted by Crippen LogP contribution is -1.97. The summed E-state index contributed by atoms with van der Waals surface area (Å²) in [5.74, 6) is -0.856. The zero-order chi connectivity index (χ0) is 16.1. The van der Waals surface area contributed by atoms with Crippen molar-refractivity contribution in [3.63, 3.8) is 0 Å². The maximum Gasteiger partial charge on any atom is 0.232 e. The number of benzene rings is 2. The van der Waals surface area contributed by atoms with Crippen molar-refractivity contribution in [2.45, 2.75) is 6.92 Å². The van der Waals surface area contributed by atoms with Crippen molar-refractivity contribution in [1.82, 2.24) is 0 Å². The fourth-order valence-electron chi connectivity index (χ4n) is 2.68. The Morgan fingerprint density at radius 1 is 1.13 bits per heavy atom. The molecule has 0 atom stereocenters. The van der Waals surface area contributed by atoms with Gasteiger partial charge in [0.15, 0.2) is 17.3 Å². The number of phenolic OH excluding ortho intramolecular Hbond substituents is 2. The van der Waals surface area contributed by atoms with E-state index in [0.717, 1.165) is 20.5 Å². The summed E-state index contributed by atoms with van der Waals surface area (Å²) in [5.41, 5.74) is 1.34. The molecule has 114 valence electrons. The molecular weight excluding hydrogens is 312 g/mol. The van der Waals surface area contributed by atoms with Crippen LogP contribution >= 0.6 is 11.3 Å². The molecule has 0 saturated heterocycles. The molecule has 5 heteroatoms. The van der Waals surface area contributed by atoms with Crippen molar-refractivity contribution < 1.29 is 19.7 Å². The lowest BCUT2D eigenvalue weighted by molar-refractivity contribution is 0.101. The van der Waals surface area contributed by atoms with Crippen LogP contribution in [-0.4, -0.2) is 16.0 Å². The Labute approximate surface area is 135 Å². The van der Waals surface area contributed by atoms with E-state index in [1.807, 2.05) is 31.2 Å². The van der Waals surface area contributed by atoms with Gasteiger partial charge in [-0.15, -0.1) is 11.3 Å². The second-order valence-corrected chi connectivity index (χ2v) is 6.42. The van der Waals surface area contributed by atoms with Crippen LogP contribution in [0.2, 0.25) is 0 Å². The molecule has 2 aromatic carbocycles. The summed E-state index contributed by atoms with van der Waals surface area (Å²) >= 11 is 1.58. The minimum absolute atomic E-state index is 0.0139. The highest BCUT2D eigenvalue weighted by atomic mass is 32.1. The van der Waals surface area contributed by atoms with Gasteiger partial charge in [0.2, 0.25) is 11.5 Å². The summed E-state index contributed by atoms with van der Waals surface area (Å²) in [6.07, 6.45) is 1.69. The maximum atomic E-state index is 12.4. The van der Waals surface area contributed by atoms with Crippen LogP contribution < -0.4 is 4.74 Å². The second kappa shape index (κ2) is 4.86. The molecule has 23 heavy (non-hydrogen) atoms. The molecule has 0 fully saturated rings. The number of ether oxygens (including phenoxy) is 1. The lowest BCUT2D eigenvalue weighted by atomic mass is 10.1. The number of thiophene rings is 1. The summed E-state index contributed by atoms with van der Waals surface area (Å²) in [6, 6.07) is 10.8. The average molecular weight is 324 g/mol. The van der Waals surface area contributed by atoms with Gasteiger partial charge in [-0.3, -0.25) is 4.79 Å². The Morgan fingerprint density at radius 2 is 1.91 bits per heavy atom. The summed E-state index contributed by atoms with van der Waals surface area (Å²) in [5, 5.41) is 20.5. The van der Waals surface area contributed by atoms with Gasteiger partial charge in [0, 0.05) is 15.7 Å². The first-order valence-corrected chi connectivity index (χ1v) is 7.85. The summed E-state index contributed by atoms with van der Waals surface area (Å²) in [4.78, 5) is 13.3. The zero-order valence-corrected chi connectivity index (χ0v) is 13.0. The molecule has 0 aliphatic carbocycles. The van der Waals surface area contributed by atoms with Gasteiger partial charge in [-0.1, -0.05) is 18.2 Å². The number of phenols is 2. The van der Waals surface area contributed by atoms with E-state index >= 15 is 0 Å². The molecule has 0 bridgehead atoms.